The van der Waals surface area contributed by atoms with Gasteiger partial charge in [0.25, 0.3) is 0 Å². The lowest BCUT2D eigenvalue weighted by Gasteiger charge is -2.20. The van der Waals surface area contributed by atoms with Crippen LogP contribution in [0.5, 0.6) is 5.75 Å². The second kappa shape index (κ2) is 4.22. The average Bonchev–Trinajstić information content (AvgIpc) is 2.15. The SMILES string of the molecule is COc1ccc(C(C)(C)C)cc1CCl. The Morgan fingerprint density at radius 3 is 2.36 bits per heavy atom. The Hall–Kier alpha value is -0.690. The molecular formula is C12H17ClO. The van der Waals surface area contributed by atoms with Crippen LogP contribution in [0.15, 0.2) is 18.2 Å². The Balaban J connectivity index is 3.14. The van der Waals surface area contributed by atoms with Crippen LogP contribution in [0.4, 0.5) is 0 Å². The monoisotopic (exact) mass is 212 g/mol. The zero-order valence-corrected chi connectivity index (χ0v) is 9.98. The standard InChI is InChI=1S/C12H17ClO/c1-12(2,3)10-5-6-11(14-4)9(7-10)8-13/h5-7H,8H2,1-4H3. The normalized spacial score (nSPS) is 11.5. The molecule has 1 nitrogen and oxygen atoms in total. The molecule has 0 bridgehead atoms. The number of hydrogen-bond acceptors (Lipinski definition) is 1. The fourth-order valence-corrected chi connectivity index (χ4v) is 1.56. The van der Waals surface area contributed by atoms with E-state index in [-0.39, 0.29) is 5.41 Å². The van der Waals surface area contributed by atoms with Gasteiger partial charge in [0.15, 0.2) is 0 Å². The van der Waals surface area contributed by atoms with Crippen molar-refractivity contribution in [3.63, 3.8) is 0 Å². The van der Waals surface area contributed by atoms with Crippen molar-refractivity contribution in [3.8, 4) is 5.75 Å². The van der Waals surface area contributed by atoms with Gasteiger partial charge in [0.2, 0.25) is 0 Å². The van der Waals surface area contributed by atoms with Gasteiger partial charge in [0.05, 0.1) is 13.0 Å². The predicted molar refractivity (Wildman–Crippen MR) is 61.3 cm³/mol. The zero-order valence-electron chi connectivity index (χ0n) is 9.23. The highest BCUT2D eigenvalue weighted by molar-refractivity contribution is 6.17. The van der Waals surface area contributed by atoms with Crippen molar-refractivity contribution in [2.24, 2.45) is 0 Å². The van der Waals surface area contributed by atoms with Gasteiger partial charge in [-0.1, -0.05) is 32.9 Å². The molecule has 0 fully saturated rings. The van der Waals surface area contributed by atoms with Gasteiger partial charge in [-0.3, -0.25) is 0 Å². The first-order valence-corrected chi connectivity index (χ1v) is 5.26. The highest BCUT2D eigenvalue weighted by Gasteiger charge is 2.15. The quantitative estimate of drug-likeness (QED) is 0.679. The second-order valence-corrected chi connectivity index (χ2v) is 4.68. The Labute approximate surface area is 91.0 Å². The third-order valence-corrected chi connectivity index (χ3v) is 2.58. The van der Waals surface area contributed by atoms with Crippen LogP contribution >= 0.6 is 11.6 Å². The first-order valence-electron chi connectivity index (χ1n) is 4.72. The summed E-state index contributed by atoms with van der Waals surface area (Å²) in [6.07, 6.45) is 0. The minimum Gasteiger partial charge on any atom is -0.496 e. The molecule has 0 spiro atoms. The summed E-state index contributed by atoms with van der Waals surface area (Å²) < 4.78 is 5.22. The number of methoxy groups -OCH3 is 1. The number of ether oxygens (including phenoxy) is 1. The molecule has 0 atom stereocenters. The lowest BCUT2D eigenvalue weighted by molar-refractivity contribution is 0.410. The first-order chi connectivity index (χ1) is 6.49. The van der Waals surface area contributed by atoms with Crippen molar-refractivity contribution >= 4 is 11.6 Å². The van der Waals surface area contributed by atoms with Crippen molar-refractivity contribution in [2.45, 2.75) is 32.1 Å². The lowest BCUT2D eigenvalue weighted by Crippen LogP contribution is -2.11. The largest absolute Gasteiger partial charge is 0.496 e. The minimum atomic E-state index is 0.160. The van der Waals surface area contributed by atoms with Crippen molar-refractivity contribution in [1.82, 2.24) is 0 Å². The fraction of sp³-hybridized carbons (Fsp3) is 0.500. The zero-order chi connectivity index (χ0) is 10.8. The summed E-state index contributed by atoms with van der Waals surface area (Å²) in [4.78, 5) is 0. The summed E-state index contributed by atoms with van der Waals surface area (Å²) in [5, 5.41) is 0. The van der Waals surface area contributed by atoms with E-state index in [1.807, 2.05) is 6.07 Å². The van der Waals surface area contributed by atoms with E-state index in [1.54, 1.807) is 7.11 Å². The molecule has 0 unspecified atom stereocenters. The molecule has 0 aromatic heterocycles. The molecule has 1 rings (SSSR count). The number of rotatable bonds is 2. The molecule has 0 amide bonds. The summed E-state index contributed by atoms with van der Waals surface area (Å²) in [7, 11) is 1.67. The van der Waals surface area contributed by atoms with Crippen molar-refractivity contribution in [1.29, 1.82) is 0 Å². The minimum absolute atomic E-state index is 0.160. The lowest BCUT2D eigenvalue weighted by atomic mass is 9.86. The second-order valence-electron chi connectivity index (χ2n) is 4.41. The summed E-state index contributed by atoms with van der Waals surface area (Å²) in [6, 6.07) is 6.19. The fourth-order valence-electron chi connectivity index (χ4n) is 1.35. The molecule has 1 aromatic rings. The molecule has 0 radical (unpaired) electrons. The topological polar surface area (TPSA) is 9.23 Å². The third-order valence-electron chi connectivity index (χ3n) is 2.29. The van der Waals surface area contributed by atoms with Gasteiger partial charge in [-0.25, -0.2) is 0 Å². The van der Waals surface area contributed by atoms with E-state index in [1.165, 1.54) is 5.56 Å². The average molecular weight is 213 g/mol. The molecule has 0 aliphatic rings. The van der Waals surface area contributed by atoms with Gasteiger partial charge in [0.1, 0.15) is 5.75 Å². The highest BCUT2D eigenvalue weighted by atomic mass is 35.5. The Morgan fingerprint density at radius 2 is 1.93 bits per heavy atom. The van der Waals surface area contributed by atoms with Gasteiger partial charge >= 0.3 is 0 Å². The van der Waals surface area contributed by atoms with Crippen LogP contribution in [0, 0.1) is 0 Å². The maximum absolute atomic E-state index is 5.85. The molecule has 0 saturated heterocycles. The van der Waals surface area contributed by atoms with Crippen molar-refractivity contribution in [3.05, 3.63) is 29.3 Å². The van der Waals surface area contributed by atoms with Crippen LogP contribution in [0.3, 0.4) is 0 Å². The Kier molecular flexibility index (Phi) is 3.43. The number of halogens is 1. The van der Waals surface area contributed by atoms with E-state index in [2.05, 4.69) is 32.9 Å². The highest BCUT2D eigenvalue weighted by Crippen LogP contribution is 2.28. The van der Waals surface area contributed by atoms with E-state index in [0.29, 0.717) is 5.88 Å². The van der Waals surface area contributed by atoms with E-state index in [4.69, 9.17) is 16.3 Å². The number of benzene rings is 1. The molecule has 1 aromatic carbocycles. The van der Waals surface area contributed by atoms with Crippen molar-refractivity contribution < 1.29 is 4.74 Å². The van der Waals surface area contributed by atoms with E-state index >= 15 is 0 Å². The molecule has 0 aliphatic carbocycles. The van der Waals surface area contributed by atoms with Gasteiger partial charge in [0, 0.05) is 5.56 Å². The van der Waals surface area contributed by atoms with Crippen LogP contribution in [0.1, 0.15) is 31.9 Å². The molecule has 14 heavy (non-hydrogen) atoms. The Bertz CT molecular complexity index is 313. The smallest absolute Gasteiger partial charge is 0.123 e. The maximum atomic E-state index is 5.85. The molecular weight excluding hydrogens is 196 g/mol. The van der Waals surface area contributed by atoms with Crippen LogP contribution in [-0.4, -0.2) is 7.11 Å². The van der Waals surface area contributed by atoms with E-state index in [9.17, 15) is 0 Å². The van der Waals surface area contributed by atoms with E-state index in [0.717, 1.165) is 11.3 Å². The third kappa shape index (κ3) is 2.42. The molecule has 0 heterocycles. The summed E-state index contributed by atoms with van der Waals surface area (Å²) >= 11 is 5.85. The Morgan fingerprint density at radius 1 is 1.29 bits per heavy atom. The van der Waals surface area contributed by atoms with Crippen LogP contribution in [0.25, 0.3) is 0 Å². The summed E-state index contributed by atoms with van der Waals surface area (Å²) in [6.45, 7) is 6.56. The molecule has 0 N–H and O–H groups in total. The number of hydrogen-bond donors (Lipinski definition) is 0. The van der Waals surface area contributed by atoms with Gasteiger partial charge in [-0.15, -0.1) is 11.6 Å². The van der Waals surface area contributed by atoms with E-state index < -0.39 is 0 Å². The number of alkyl halides is 1. The van der Waals surface area contributed by atoms with Gasteiger partial charge < -0.3 is 4.74 Å². The predicted octanol–water partition coefficient (Wildman–Crippen LogP) is 3.73. The summed E-state index contributed by atoms with van der Waals surface area (Å²) in [5.74, 6) is 1.36. The molecule has 78 valence electrons. The molecule has 2 heteroatoms. The molecule has 0 aliphatic heterocycles. The van der Waals surface area contributed by atoms with Crippen LogP contribution in [0.2, 0.25) is 0 Å². The van der Waals surface area contributed by atoms with Crippen molar-refractivity contribution in [2.75, 3.05) is 7.11 Å². The van der Waals surface area contributed by atoms with Crippen LogP contribution < -0.4 is 4.74 Å². The first kappa shape index (κ1) is 11.4. The van der Waals surface area contributed by atoms with Gasteiger partial charge in [-0.05, 0) is 17.0 Å². The van der Waals surface area contributed by atoms with Crippen LogP contribution in [-0.2, 0) is 11.3 Å². The summed E-state index contributed by atoms with van der Waals surface area (Å²) in [5.41, 5.74) is 2.50. The maximum Gasteiger partial charge on any atom is 0.123 e. The molecule has 0 saturated carbocycles. The van der Waals surface area contributed by atoms with Gasteiger partial charge in [-0.2, -0.15) is 0 Å².